The third-order valence-electron chi connectivity index (χ3n) is 2.30. The van der Waals surface area contributed by atoms with Crippen LogP contribution in [0.3, 0.4) is 0 Å². The molecule has 1 heterocycles. The minimum atomic E-state index is -0.294. The molecule has 0 bridgehead atoms. The fourth-order valence-corrected chi connectivity index (χ4v) is 1.40. The Labute approximate surface area is 103 Å². The van der Waals surface area contributed by atoms with Gasteiger partial charge in [-0.05, 0) is 13.3 Å². The number of ether oxygens (including phenoxy) is 2. The first-order chi connectivity index (χ1) is 7.20. The van der Waals surface area contributed by atoms with E-state index in [2.05, 4.69) is 11.5 Å². The van der Waals surface area contributed by atoms with E-state index in [4.69, 9.17) is 9.47 Å². The molecule has 0 atom stereocenters. The Morgan fingerprint density at radius 3 is 2.62 bits per heavy atom. The second-order valence-electron chi connectivity index (χ2n) is 3.72. The van der Waals surface area contributed by atoms with Crippen LogP contribution in [0.25, 0.3) is 0 Å². The summed E-state index contributed by atoms with van der Waals surface area (Å²) in [4.78, 5) is 13.4. The van der Waals surface area contributed by atoms with Gasteiger partial charge in [0, 0.05) is 25.2 Å². The average molecular weight is 250 g/mol. The highest BCUT2D eigenvalue weighted by atomic mass is 35.5. The van der Waals surface area contributed by atoms with Gasteiger partial charge in [-0.15, -0.1) is 12.4 Å². The van der Waals surface area contributed by atoms with Crippen LogP contribution in [-0.2, 0) is 14.3 Å². The first-order valence-electron chi connectivity index (χ1n) is 5.33. The lowest BCUT2D eigenvalue weighted by molar-refractivity contribution is -0.139. The normalized spacial score (nSPS) is 16.3. The van der Waals surface area contributed by atoms with Crippen molar-refractivity contribution in [2.24, 2.45) is 0 Å². The maximum Gasteiger partial charge on any atom is 0.333 e. The van der Waals surface area contributed by atoms with Crippen LogP contribution in [0.2, 0.25) is 0 Å². The number of esters is 1. The number of carbonyl (C=O) groups excluding carboxylic acids is 1. The summed E-state index contributed by atoms with van der Waals surface area (Å²) >= 11 is 0. The van der Waals surface area contributed by atoms with Crippen LogP contribution in [0.15, 0.2) is 12.2 Å². The topological polar surface area (TPSA) is 38.8 Å². The lowest BCUT2D eigenvalue weighted by Crippen LogP contribution is -2.37. The molecular formula is C11H20ClNO3. The van der Waals surface area contributed by atoms with E-state index in [1.807, 2.05) is 0 Å². The number of morpholine rings is 1. The molecular weight excluding hydrogens is 230 g/mol. The SMILES string of the molecule is C=C(C)C(=O)OCCCN1CCOCC1.Cl. The molecule has 0 saturated carbocycles. The summed E-state index contributed by atoms with van der Waals surface area (Å²) < 4.78 is 10.2. The zero-order valence-corrected chi connectivity index (χ0v) is 10.6. The van der Waals surface area contributed by atoms with E-state index in [1.165, 1.54) is 0 Å². The number of hydrogen-bond donors (Lipinski definition) is 0. The number of hydrogen-bond acceptors (Lipinski definition) is 4. The van der Waals surface area contributed by atoms with Crippen molar-refractivity contribution in [3.63, 3.8) is 0 Å². The molecule has 0 aromatic carbocycles. The van der Waals surface area contributed by atoms with Gasteiger partial charge in [-0.2, -0.15) is 0 Å². The molecule has 1 saturated heterocycles. The van der Waals surface area contributed by atoms with Gasteiger partial charge in [-0.1, -0.05) is 6.58 Å². The van der Waals surface area contributed by atoms with Crippen LogP contribution in [0, 0.1) is 0 Å². The Morgan fingerprint density at radius 1 is 1.44 bits per heavy atom. The van der Waals surface area contributed by atoms with Gasteiger partial charge in [0.2, 0.25) is 0 Å². The first-order valence-corrected chi connectivity index (χ1v) is 5.33. The molecule has 1 rings (SSSR count). The molecule has 4 nitrogen and oxygen atoms in total. The Kier molecular flexibility index (Phi) is 8.25. The van der Waals surface area contributed by atoms with Gasteiger partial charge < -0.3 is 9.47 Å². The standard InChI is InChI=1S/C11H19NO3.ClH/c1-10(2)11(13)15-7-3-4-12-5-8-14-9-6-12;/h1,3-9H2,2H3;1H. The van der Waals surface area contributed by atoms with Crippen LogP contribution >= 0.6 is 12.4 Å². The highest BCUT2D eigenvalue weighted by molar-refractivity contribution is 5.86. The predicted octanol–water partition coefficient (Wildman–Crippen LogP) is 1.25. The van der Waals surface area contributed by atoms with E-state index in [1.54, 1.807) is 6.92 Å². The zero-order chi connectivity index (χ0) is 11.1. The largest absolute Gasteiger partial charge is 0.462 e. The predicted molar refractivity (Wildman–Crippen MR) is 64.9 cm³/mol. The van der Waals surface area contributed by atoms with Gasteiger partial charge in [-0.25, -0.2) is 4.79 Å². The average Bonchev–Trinajstić information content (AvgIpc) is 2.25. The monoisotopic (exact) mass is 249 g/mol. The van der Waals surface area contributed by atoms with E-state index in [9.17, 15) is 4.79 Å². The quantitative estimate of drug-likeness (QED) is 0.418. The summed E-state index contributed by atoms with van der Waals surface area (Å²) in [7, 11) is 0. The van der Waals surface area contributed by atoms with Crippen LogP contribution < -0.4 is 0 Å². The van der Waals surface area contributed by atoms with Crippen molar-refractivity contribution in [1.82, 2.24) is 4.90 Å². The number of rotatable bonds is 5. The van der Waals surface area contributed by atoms with Gasteiger partial charge in [0.25, 0.3) is 0 Å². The Bertz CT molecular complexity index is 227. The fraction of sp³-hybridized carbons (Fsp3) is 0.727. The van der Waals surface area contributed by atoms with Crippen molar-refractivity contribution in [2.45, 2.75) is 13.3 Å². The molecule has 0 aromatic heterocycles. The molecule has 0 unspecified atom stereocenters. The second-order valence-corrected chi connectivity index (χ2v) is 3.72. The molecule has 16 heavy (non-hydrogen) atoms. The van der Waals surface area contributed by atoms with Gasteiger partial charge in [-0.3, -0.25) is 4.90 Å². The molecule has 0 aromatic rings. The molecule has 0 spiro atoms. The van der Waals surface area contributed by atoms with Crippen LogP contribution in [-0.4, -0.2) is 50.3 Å². The first kappa shape index (κ1) is 15.4. The van der Waals surface area contributed by atoms with E-state index in [0.29, 0.717) is 12.2 Å². The minimum absolute atomic E-state index is 0. The molecule has 1 aliphatic heterocycles. The van der Waals surface area contributed by atoms with Crippen LogP contribution in [0.4, 0.5) is 0 Å². The van der Waals surface area contributed by atoms with Gasteiger partial charge in [0.1, 0.15) is 0 Å². The van der Waals surface area contributed by atoms with Crippen molar-refractivity contribution in [1.29, 1.82) is 0 Å². The van der Waals surface area contributed by atoms with Crippen molar-refractivity contribution in [2.75, 3.05) is 39.5 Å². The summed E-state index contributed by atoms with van der Waals surface area (Å²) in [5, 5.41) is 0. The molecule has 1 aliphatic rings. The summed E-state index contributed by atoms with van der Waals surface area (Å²) in [6.07, 6.45) is 0.874. The molecule has 0 N–H and O–H groups in total. The molecule has 0 radical (unpaired) electrons. The fourth-order valence-electron chi connectivity index (χ4n) is 1.40. The maximum atomic E-state index is 11.0. The number of carbonyl (C=O) groups is 1. The van der Waals surface area contributed by atoms with Crippen molar-refractivity contribution < 1.29 is 14.3 Å². The van der Waals surface area contributed by atoms with Crippen LogP contribution in [0.1, 0.15) is 13.3 Å². The third kappa shape index (κ3) is 6.10. The summed E-state index contributed by atoms with van der Waals surface area (Å²) in [6.45, 7) is 10.2. The minimum Gasteiger partial charge on any atom is -0.462 e. The van der Waals surface area contributed by atoms with E-state index < -0.39 is 0 Å². The van der Waals surface area contributed by atoms with Crippen molar-refractivity contribution in [3.8, 4) is 0 Å². The molecule has 1 fully saturated rings. The zero-order valence-electron chi connectivity index (χ0n) is 9.74. The molecule has 0 amide bonds. The lowest BCUT2D eigenvalue weighted by Gasteiger charge is -2.26. The molecule has 0 aliphatic carbocycles. The Hall–Kier alpha value is -0.580. The van der Waals surface area contributed by atoms with Crippen LogP contribution in [0.5, 0.6) is 0 Å². The lowest BCUT2D eigenvalue weighted by atomic mass is 10.3. The second kappa shape index (κ2) is 8.56. The highest BCUT2D eigenvalue weighted by Crippen LogP contribution is 1.99. The third-order valence-corrected chi connectivity index (χ3v) is 2.30. The van der Waals surface area contributed by atoms with Gasteiger partial charge in [0.15, 0.2) is 0 Å². The molecule has 5 heteroatoms. The highest BCUT2D eigenvalue weighted by Gasteiger charge is 2.09. The molecule has 94 valence electrons. The van der Waals surface area contributed by atoms with Gasteiger partial charge >= 0.3 is 5.97 Å². The van der Waals surface area contributed by atoms with E-state index >= 15 is 0 Å². The van der Waals surface area contributed by atoms with Gasteiger partial charge in [0.05, 0.1) is 19.8 Å². The summed E-state index contributed by atoms with van der Waals surface area (Å²) in [5.74, 6) is -0.294. The number of halogens is 1. The Morgan fingerprint density at radius 2 is 2.06 bits per heavy atom. The van der Waals surface area contributed by atoms with Crippen molar-refractivity contribution in [3.05, 3.63) is 12.2 Å². The van der Waals surface area contributed by atoms with E-state index in [0.717, 1.165) is 39.3 Å². The van der Waals surface area contributed by atoms with E-state index in [-0.39, 0.29) is 18.4 Å². The summed E-state index contributed by atoms with van der Waals surface area (Å²) in [6, 6.07) is 0. The maximum absolute atomic E-state index is 11.0. The summed E-state index contributed by atoms with van der Waals surface area (Å²) in [5.41, 5.74) is 0.460. The number of nitrogens with zero attached hydrogens (tertiary/aromatic N) is 1. The van der Waals surface area contributed by atoms with Crippen molar-refractivity contribution >= 4 is 18.4 Å². The smallest absolute Gasteiger partial charge is 0.333 e. The Balaban J connectivity index is 0.00000225.